The quantitative estimate of drug-likeness (QED) is 0.293. The molecule has 0 atom stereocenters. The Bertz CT molecular complexity index is 539. The third-order valence-corrected chi connectivity index (χ3v) is 4.05. The van der Waals surface area contributed by atoms with Gasteiger partial charge in [-0.3, -0.25) is 4.79 Å². The summed E-state index contributed by atoms with van der Waals surface area (Å²) < 4.78 is 32.8. The van der Waals surface area contributed by atoms with Gasteiger partial charge in [0.25, 0.3) is 0 Å². The maximum absolute atomic E-state index is 11.0. The van der Waals surface area contributed by atoms with Crippen molar-refractivity contribution in [1.29, 1.82) is 0 Å². The molecule has 31 heavy (non-hydrogen) atoms. The molecule has 1 aromatic carbocycles. The van der Waals surface area contributed by atoms with Gasteiger partial charge < -0.3 is 33.7 Å². The maximum Gasteiger partial charge on any atom is 0.221 e. The Morgan fingerprint density at radius 2 is 1.13 bits per heavy atom. The Balaban J connectivity index is 1.77. The van der Waals surface area contributed by atoms with E-state index in [2.05, 4.69) is 12.2 Å². The van der Waals surface area contributed by atoms with Crippen LogP contribution >= 0.6 is 0 Å². The fourth-order valence-electron chi connectivity index (χ4n) is 2.49. The fraction of sp³-hybridized carbons (Fsp3) is 0.696. The van der Waals surface area contributed by atoms with E-state index in [-0.39, 0.29) is 5.91 Å². The van der Waals surface area contributed by atoms with Crippen LogP contribution in [0.25, 0.3) is 0 Å². The van der Waals surface area contributed by atoms with Crippen molar-refractivity contribution in [2.75, 3.05) is 78.0 Å². The summed E-state index contributed by atoms with van der Waals surface area (Å²) in [6, 6.07) is 7.21. The number of rotatable bonds is 21. The average molecular weight is 442 g/mol. The van der Waals surface area contributed by atoms with E-state index in [1.165, 1.54) is 19.8 Å². The van der Waals surface area contributed by atoms with Crippen LogP contribution in [0.5, 0.6) is 5.75 Å². The molecule has 0 heterocycles. The third-order valence-electron chi connectivity index (χ3n) is 4.05. The van der Waals surface area contributed by atoms with E-state index in [9.17, 15) is 4.79 Å². The van der Waals surface area contributed by atoms with Crippen molar-refractivity contribution in [2.24, 2.45) is 0 Å². The van der Waals surface area contributed by atoms with Crippen LogP contribution in [0.1, 0.15) is 33.1 Å². The number of ether oxygens (including phenoxy) is 6. The molecular formula is C23H39NO7. The second kappa shape index (κ2) is 20.2. The van der Waals surface area contributed by atoms with Gasteiger partial charge in [-0.1, -0.05) is 19.8 Å². The molecule has 1 aromatic rings. The lowest BCUT2D eigenvalue weighted by Crippen LogP contribution is -2.14. The Morgan fingerprint density at radius 3 is 1.58 bits per heavy atom. The van der Waals surface area contributed by atoms with Gasteiger partial charge in [0.05, 0.1) is 59.5 Å². The molecule has 0 saturated heterocycles. The minimum Gasteiger partial charge on any atom is -0.491 e. The number of anilines is 1. The molecule has 0 fully saturated rings. The summed E-state index contributed by atoms with van der Waals surface area (Å²) in [6.07, 6.45) is 3.55. The molecule has 8 nitrogen and oxygen atoms in total. The van der Waals surface area contributed by atoms with Crippen LogP contribution in [-0.2, 0) is 28.5 Å². The summed E-state index contributed by atoms with van der Waals surface area (Å²) in [5.74, 6) is 0.633. The Morgan fingerprint density at radius 1 is 0.677 bits per heavy atom. The van der Waals surface area contributed by atoms with E-state index < -0.39 is 0 Å². The van der Waals surface area contributed by atoms with Crippen molar-refractivity contribution in [3.63, 3.8) is 0 Å². The highest BCUT2D eigenvalue weighted by atomic mass is 16.6. The predicted octanol–water partition coefficient (Wildman–Crippen LogP) is 3.30. The molecule has 1 N–H and O–H groups in total. The van der Waals surface area contributed by atoms with Crippen molar-refractivity contribution in [3.05, 3.63) is 24.3 Å². The molecule has 0 saturated carbocycles. The first-order valence-electron chi connectivity index (χ1n) is 11.1. The van der Waals surface area contributed by atoms with E-state index in [4.69, 9.17) is 28.4 Å². The molecule has 0 spiro atoms. The van der Waals surface area contributed by atoms with Gasteiger partial charge in [-0.15, -0.1) is 0 Å². The Hall–Kier alpha value is -1.71. The summed E-state index contributed by atoms with van der Waals surface area (Å²) >= 11 is 0. The smallest absolute Gasteiger partial charge is 0.221 e. The van der Waals surface area contributed by atoms with Gasteiger partial charge in [0.1, 0.15) is 12.4 Å². The number of unbranched alkanes of at least 4 members (excludes halogenated alkanes) is 2. The van der Waals surface area contributed by atoms with Gasteiger partial charge in [-0.25, -0.2) is 0 Å². The first kappa shape index (κ1) is 27.3. The van der Waals surface area contributed by atoms with Crippen molar-refractivity contribution in [3.8, 4) is 5.75 Å². The molecule has 0 unspecified atom stereocenters. The zero-order valence-corrected chi connectivity index (χ0v) is 19.1. The molecule has 0 radical (unpaired) electrons. The predicted molar refractivity (Wildman–Crippen MR) is 120 cm³/mol. The normalized spacial score (nSPS) is 10.9. The average Bonchev–Trinajstić information content (AvgIpc) is 2.76. The first-order chi connectivity index (χ1) is 15.2. The van der Waals surface area contributed by atoms with Crippen LogP contribution in [0.15, 0.2) is 24.3 Å². The monoisotopic (exact) mass is 441 g/mol. The summed E-state index contributed by atoms with van der Waals surface area (Å²) in [5.41, 5.74) is 0.743. The van der Waals surface area contributed by atoms with Crippen LogP contribution in [0.2, 0.25) is 0 Å². The van der Waals surface area contributed by atoms with Crippen LogP contribution in [0.4, 0.5) is 5.69 Å². The Kier molecular flexibility index (Phi) is 17.8. The minimum absolute atomic E-state index is 0.0980. The van der Waals surface area contributed by atoms with E-state index >= 15 is 0 Å². The van der Waals surface area contributed by atoms with Crippen LogP contribution in [0, 0.1) is 0 Å². The number of hydrogen-bond acceptors (Lipinski definition) is 7. The van der Waals surface area contributed by atoms with E-state index in [0.29, 0.717) is 66.1 Å². The fourth-order valence-corrected chi connectivity index (χ4v) is 2.49. The van der Waals surface area contributed by atoms with Gasteiger partial charge in [0, 0.05) is 19.2 Å². The number of benzene rings is 1. The van der Waals surface area contributed by atoms with Crippen LogP contribution < -0.4 is 10.1 Å². The summed E-state index contributed by atoms with van der Waals surface area (Å²) in [6.45, 7) is 9.86. The highest BCUT2D eigenvalue weighted by Gasteiger charge is 1.98. The van der Waals surface area contributed by atoms with Crippen molar-refractivity contribution in [2.45, 2.75) is 33.1 Å². The van der Waals surface area contributed by atoms with E-state index in [1.807, 2.05) is 12.1 Å². The Labute approximate surface area is 186 Å². The largest absolute Gasteiger partial charge is 0.491 e. The zero-order chi connectivity index (χ0) is 22.4. The molecule has 0 bridgehead atoms. The molecule has 1 amide bonds. The summed E-state index contributed by atoms with van der Waals surface area (Å²) in [7, 11) is 0. The lowest BCUT2D eigenvalue weighted by molar-refractivity contribution is -0.114. The molecule has 0 aliphatic rings. The molecule has 0 aliphatic heterocycles. The first-order valence-corrected chi connectivity index (χ1v) is 11.1. The summed E-state index contributed by atoms with van der Waals surface area (Å²) in [5, 5.41) is 2.71. The minimum atomic E-state index is -0.0980. The second-order valence-electron chi connectivity index (χ2n) is 6.82. The van der Waals surface area contributed by atoms with Crippen LogP contribution in [0.3, 0.4) is 0 Å². The van der Waals surface area contributed by atoms with Crippen molar-refractivity contribution in [1.82, 2.24) is 0 Å². The van der Waals surface area contributed by atoms with Crippen molar-refractivity contribution < 1.29 is 33.2 Å². The molecule has 0 aliphatic carbocycles. The highest BCUT2D eigenvalue weighted by Crippen LogP contribution is 2.15. The van der Waals surface area contributed by atoms with Crippen LogP contribution in [-0.4, -0.2) is 78.6 Å². The van der Waals surface area contributed by atoms with Gasteiger partial charge in [-0.2, -0.15) is 0 Å². The number of nitrogens with one attached hydrogen (secondary N) is 1. The molecule has 0 aromatic heterocycles. The molecule has 8 heteroatoms. The third kappa shape index (κ3) is 17.6. The zero-order valence-electron chi connectivity index (χ0n) is 19.1. The summed E-state index contributed by atoms with van der Waals surface area (Å²) in [4.78, 5) is 11.0. The van der Waals surface area contributed by atoms with Gasteiger partial charge in [0.15, 0.2) is 0 Å². The van der Waals surface area contributed by atoms with E-state index in [1.54, 1.807) is 12.1 Å². The van der Waals surface area contributed by atoms with Gasteiger partial charge >= 0.3 is 0 Å². The SMILES string of the molecule is CCCCCOCCOCCOCCOCCOCCOc1ccc(NC(C)=O)cc1. The topological polar surface area (TPSA) is 84.5 Å². The second-order valence-corrected chi connectivity index (χ2v) is 6.82. The molecular weight excluding hydrogens is 402 g/mol. The number of amides is 1. The molecule has 178 valence electrons. The van der Waals surface area contributed by atoms with E-state index in [0.717, 1.165) is 24.5 Å². The standard InChI is InChI=1S/C23H39NO7/c1-3-4-5-10-26-11-12-27-13-14-28-15-16-29-17-18-30-19-20-31-23-8-6-22(7-9-23)24-21(2)25/h6-9H,3-5,10-20H2,1-2H3,(H,24,25). The maximum atomic E-state index is 11.0. The number of carbonyl (C=O) groups is 1. The van der Waals surface area contributed by atoms with Crippen molar-refractivity contribution >= 4 is 11.6 Å². The van der Waals surface area contributed by atoms with Gasteiger partial charge in [-0.05, 0) is 30.7 Å². The highest BCUT2D eigenvalue weighted by molar-refractivity contribution is 5.88. The lowest BCUT2D eigenvalue weighted by atomic mass is 10.3. The molecule has 1 rings (SSSR count). The van der Waals surface area contributed by atoms with Gasteiger partial charge in [0.2, 0.25) is 5.91 Å². The lowest BCUT2D eigenvalue weighted by Gasteiger charge is -2.09. The number of hydrogen-bond donors (Lipinski definition) is 1. The number of carbonyl (C=O) groups excluding carboxylic acids is 1.